The first-order valence-corrected chi connectivity index (χ1v) is 6.27. The maximum absolute atomic E-state index is 12.0. The van der Waals surface area contributed by atoms with Crippen LogP contribution in [0.5, 0.6) is 0 Å². The van der Waals surface area contributed by atoms with Crippen molar-refractivity contribution in [3.8, 4) is 0 Å². The monoisotopic (exact) mass is 257 g/mol. The highest BCUT2D eigenvalue weighted by Gasteiger charge is 2.22. The molecule has 0 saturated carbocycles. The molecule has 0 atom stereocenters. The summed E-state index contributed by atoms with van der Waals surface area (Å²) in [4.78, 5) is 15.2. The Labute approximate surface area is 113 Å². The number of carbonyl (C=O) groups is 1. The van der Waals surface area contributed by atoms with Crippen molar-refractivity contribution in [2.45, 2.75) is 19.3 Å². The molecule has 0 bridgehead atoms. The van der Waals surface area contributed by atoms with Crippen molar-refractivity contribution in [3.63, 3.8) is 0 Å². The minimum atomic E-state index is -0.139. The second kappa shape index (κ2) is 5.18. The maximum Gasteiger partial charge on any atom is 0.251 e. The molecular formula is C15H19N3O. The molecule has 19 heavy (non-hydrogen) atoms. The van der Waals surface area contributed by atoms with E-state index in [1.807, 2.05) is 18.3 Å². The Bertz CT molecular complexity index is 559. The number of anilines is 1. The highest BCUT2D eigenvalue weighted by molar-refractivity contribution is 5.95. The first-order valence-electron chi connectivity index (χ1n) is 6.27. The molecular weight excluding hydrogens is 238 g/mol. The van der Waals surface area contributed by atoms with Crippen LogP contribution < -0.4 is 11.1 Å². The molecule has 0 radical (unpaired) electrons. The zero-order chi connectivity index (χ0) is 13.9. The number of aromatic nitrogens is 1. The number of nitrogen functional groups attached to an aromatic ring is 1. The van der Waals surface area contributed by atoms with Crippen molar-refractivity contribution < 1.29 is 4.79 Å². The summed E-state index contributed by atoms with van der Waals surface area (Å²) in [6.07, 6.45) is 1.89. The fraction of sp³-hybridized carbons (Fsp3) is 0.267. The van der Waals surface area contributed by atoms with E-state index in [0.717, 1.165) is 5.69 Å². The molecule has 1 aromatic heterocycles. The van der Waals surface area contributed by atoms with E-state index in [-0.39, 0.29) is 11.3 Å². The second-order valence-corrected chi connectivity index (χ2v) is 5.28. The molecule has 0 aliphatic carbocycles. The fourth-order valence-corrected chi connectivity index (χ4v) is 1.93. The van der Waals surface area contributed by atoms with E-state index in [2.05, 4.69) is 24.1 Å². The van der Waals surface area contributed by atoms with Crippen LogP contribution in [0.4, 0.5) is 5.69 Å². The Morgan fingerprint density at radius 3 is 2.74 bits per heavy atom. The topological polar surface area (TPSA) is 70.9 Å². The number of amides is 1. The summed E-state index contributed by atoms with van der Waals surface area (Å²) in [6, 6.07) is 11.0. The van der Waals surface area contributed by atoms with Gasteiger partial charge in [-0.2, -0.15) is 0 Å². The Morgan fingerprint density at radius 2 is 2.11 bits per heavy atom. The predicted molar refractivity (Wildman–Crippen MR) is 77.0 cm³/mol. The van der Waals surface area contributed by atoms with Gasteiger partial charge in [0.1, 0.15) is 0 Å². The largest absolute Gasteiger partial charge is 0.399 e. The van der Waals surface area contributed by atoms with Crippen LogP contribution in [-0.4, -0.2) is 17.4 Å². The Morgan fingerprint density at radius 1 is 1.32 bits per heavy atom. The van der Waals surface area contributed by atoms with E-state index in [0.29, 0.717) is 17.8 Å². The summed E-state index contributed by atoms with van der Waals surface area (Å²) in [5.74, 6) is -0.105. The van der Waals surface area contributed by atoms with E-state index >= 15 is 0 Å². The lowest BCUT2D eigenvalue weighted by Crippen LogP contribution is -2.36. The van der Waals surface area contributed by atoms with E-state index in [1.54, 1.807) is 24.3 Å². The minimum Gasteiger partial charge on any atom is -0.399 e. The number of benzene rings is 1. The van der Waals surface area contributed by atoms with E-state index in [9.17, 15) is 4.79 Å². The standard InChI is InChI=1S/C15H19N3O/c1-15(2,13-7-4-8-17-13)10-18-14(19)11-5-3-6-12(16)9-11/h3-9,17H,10,16H2,1-2H3,(H,18,19). The zero-order valence-electron chi connectivity index (χ0n) is 11.2. The van der Waals surface area contributed by atoms with Crippen molar-refractivity contribution in [2.75, 3.05) is 12.3 Å². The quantitative estimate of drug-likeness (QED) is 0.735. The van der Waals surface area contributed by atoms with Crippen LogP contribution in [0.3, 0.4) is 0 Å². The molecule has 0 aliphatic heterocycles. The predicted octanol–water partition coefficient (Wildman–Crippen LogP) is 2.30. The van der Waals surface area contributed by atoms with Gasteiger partial charge in [0.15, 0.2) is 0 Å². The molecule has 1 heterocycles. The van der Waals surface area contributed by atoms with Gasteiger partial charge in [-0.25, -0.2) is 0 Å². The van der Waals surface area contributed by atoms with Gasteiger partial charge in [0.25, 0.3) is 5.91 Å². The highest BCUT2D eigenvalue weighted by atomic mass is 16.1. The van der Waals surface area contributed by atoms with Crippen LogP contribution in [0.25, 0.3) is 0 Å². The summed E-state index contributed by atoms with van der Waals surface area (Å²) in [5, 5.41) is 2.94. The van der Waals surface area contributed by atoms with Crippen LogP contribution in [0, 0.1) is 0 Å². The zero-order valence-corrected chi connectivity index (χ0v) is 11.2. The first kappa shape index (κ1) is 13.2. The number of hydrogen-bond acceptors (Lipinski definition) is 2. The van der Waals surface area contributed by atoms with E-state index < -0.39 is 0 Å². The van der Waals surface area contributed by atoms with Crippen LogP contribution >= 0.6 is 0 Å². The van der Waals surface area contributed by atoms with Crippen LogP contribution in [0.1, 0.15) is 29.9 Å². The third kappa shape index (κ3) is 3.16. The smallest absolute Gasteiger partial charge is 0.251 e. The van der Waals surface area contributed by atoms with E-state index in [4.69, 9.17) is 5.73 Å². The summed E-state index contributed by atoms with van der Waals surface area (Å²) in [6.45, 7) is 4.72. The lowest BCUT2D eigenvalue weighted by Gasteiger charge is -2.24. The van der Waals surface area contributed by atoms with Gasteiger partial charge in [0, 0.05) is 35.1 Å². The van der Waals surface area contributed by atoms with Gasteiger partial charge in [-0.1, -0.05) is 19.9 Å². The number of nitrogens with two attached hydrogens (primary N) is 1. The summed E-state index contributed by atoms with van der Waals surface area (Å²) < 4.78 is 0. The Hall–Kier alpha value is -2.23. The first-order chi connectivity index (χ1) is 8.99. The molecule has 100 valence electrons. The summed E-state index contributed by atoms with van der Waals surface area (Å²) in [7, 11) is 0. The number of aromatic amines is 1. The second-order valence-electron chi connectivity index (χ2n) is 5.28. The molecule has 4 heteroatoms. The van der Waals surface area contributed by atoms with Crippen LogP contribution in [0.2, 0.25) is 0 Å². The van der Waals surface area contributed by atoms with Gasteiger partial charge in [0.2, 0.25) is 0 Å². The maximum atomic E-state index is 12.0. The molecule has 0 fully saturated rings. The lowest BCUT2D eigenvalue weighted by atomic mass is 9.89. The van der Waals surface area contributed by atoms with Gasteiger partial charge < -0.3 is 16.0 Å². The van der Waals surface area contributed by atoms with Crippen LogP contribution in [-0.2, 0) is 5.41 Å². The van der Waals surface area contributed by atoms with Crippen molar-refractivity contribution >= 4 is 11.6 Å². The van der Waals surface area contributed by atoms with Crippen molar-refractivity contribution in [3.05, 3.63) is 53.9 Å². The number of carbonyl (C=O) groups excluding carboxylic acids is 1. The number of rotatable bonds is 4. The molecule has 0 aliphatic rings. The summed E-state index contributed by atoms with van der Waals surface area (Å²) >= 11 is 0. The third-order valence-corrected chi connectivity index (χ3v) is 3.17. The number of nitrogens with one attached hydrogen (secondary N) is 2. The van der Waals surface area contributed by atoms with Gasteiger partial charge in [-0.15, -0.1) is 0 Å². The minimum absolute atomic E-state index is 0.105. The van der Waals surface area contributed by atoms with Crippen molar-refractivity contribution in [1.29, 1.82) is 0 Å². The Balaban J connectivity index is 2.01. The van der Waals surface area contributed by atoms with Gasteiger partial charge in [-0.05, 0) is 30.3 Å². The molecule has 1 aromatic carbocycles. The molecule has 4 N–H and O–H groups in total. The normalized spacial score (nSPS) is 11.3. The third-order valence-electron chi connectivity index (χ3n) is 3.17. The molecule has 0 unspecified atom stereocenters. The van der Waals surface area contributed by atoms with Crippen molar-refractivity contribution in [1.82, 2.24) is 10.3 Å². The van der Waals surface area contributed by atoms with Gasteiger partial charge in [-0.3, -0.25) is 4.79 Å². The van der Waals surface area contributed by atoms with E-state index in [1.165, 1.54) is 0 Å². The van der Waals surface area contributed by atoms with Gasteiger partial charge >= 0.3 is 0 Å². The molecule has 1 amide bonds. The number of hydrogen-bond donors (Lipinski definition) is 3. The number of H-pyrrole nitrogens is 1. The van der Waals surface area contributed by atoms with Crippen molar-refractivity contribution in [2.24, 2.45) is 0 Å². The SMILES string of the molecule is CC(C)(CNC(=O)c1cccc(N)c1)c1ccc[nH]1. The Kier molecular flexibility index (Phi) is 3.60. The molecule has 0 spiro atoms. The summed E-state index contributed by atoms with van der Waals surface area (Å²) in [5.41, 5.74) is 7.81. The molecule has 2 aromatic rings. The molecule has 0 saturated heterocycles. The van der Waals surface area contributed by atoms with Gasteiger partial charge in [0.05, 0.1) is 0 Å². The average molecular weight is 257 g/mol. The average Bonchev–Trinajstić information content (AvgIpc) is 2.90. The lowest BCUT2D eigenvalue weighted by molar-refractivity contribution is 0.0945. The van der Waals surface area contributed by atoms with Crippen LogP contribution in [0.15, 0.2) is 42.6 Å². The fourth-order valence-electron chi connectivity index (χ4n) is 1.93. The highest BCUT2D eigenvalue weighted by Crippen LogP contribution is 2.20. The molecule has 4 nitrogen and oxygen atoms in total. The molecule has 2 rings (SSSR count).